The third-order valence-electron chi connectivity index (χ3n) is 22.4. The van der Waals surface area contributed by atoms with Gasteiger partial charge in [0.1, 0.15) is 0 Å². The topological polar surface area (TPSA) is 0 Å². The van der Waals surface area contributed by atoms with Gasteiger partial charge in [0, 0.05) is 5.41 Å². The van der Waals surface area contributed by atoms with Crippen molar-refractivity contribution in [2.24, 2.45) is 0 Å². The average Bonchev–Trinajstić information content (AvgIpc) is 1.63. The van der Waals surface area contributed by atoms with Crippen LogP contribution >= 0.6 is 0 Å². The van der Waals surface area contributed by atoms with Crippen LogP contribution in [0.25, 0.3) is 187 Å². The van der Waals surface area contributed by atoms with Crippen LogP contribution in [0.15, 0.2) is 413 Å². The zero-order valence-corrected chi connectivity index (χ0v) is 59.8. The average molecular weight is 1360 g/mol. The summed E-state index contributed by atoms with van der Waals surface area (Å²) in [6, 6.07) is 151. The molecule has 0 atom stereocenters. The Labute approximate surface area is 626 Å². The van der Waals surface area contributed by atoms with Crippen LogP contribution in [-0.4, -0.2) is 0 Å². The summed E-state index contributed by atoms with van der Waals surface area (Å²) in [4.78, 5) is 0. The Kier molecular flexibility index (Phi) is 16.4. The van der Waals surface area contributed by atoms with Crippen LogP contribution in [-0.2, 0) is 5.41 Å². The zero-order valence-electron chi connectivity index (χ0n) is 59.8. The Hall–Kier alpha value is -13.5. The lowest BCUT2D eigenvalue weighted by Gasteiger charge is -2.22. The highest BCUT2D eigenvalue weighted by Gasteiger charge is 2.35. The van der Waals surface area contributed by atoms with Gasteiger partial charge in [-0.3, -0.25) is 0 Å². The summed E-state index contributed by atoms with van der Waals surface area (Å²) < 4.78 is 0. The minimum absolute atomic E-state index is 0.0283. The first-order chi connectivity index (χ1) is 52.8. The second-order valence-corrected chi connectivity index (χ2v) is 28.9. The second kappa shape index (κ2) is 27.3. The molecule has 0 nitrogen and oxygen atoms in total. The molecule has 0 spiro atoms. The summed E-state index contributed by atoms with van der Waals surface area (Å²) in [6.45, 7) is 4.70. The maximum Gasteiger partial charge on any atom is 0.0159 e. The third-order valence-corrected chi connectivity index (χ3v) is 22.4. The molecule has 0 N–H and O–H groups in total. The highest BCUT2D eigenvalue weighted by Crippen LogP contribution is 2.52. The van der Waals surface area contributed by atoms with Crippen LogP contribution in [0.4, 0.5) is 0 Å². The van der Waals surface area contributed by atoms with Crippen molar-refractivity contribution in [2.75, 3.05) is 0 Å². The fraction of sp³-hybridized carbons (Fsp3) is 0.0280. The van der Waals surface area contributed by atoms with Gasteiger partial charge in [-0.25, -0.2) is 0 Å². The largest absolute Gasteiger partial charge is 0.0622 e. The maximum absolute atomic E-state index is 2.42. The van der Waals surface area contributed by atoms with E-state index < -0.39 is 0 Å². The predicted octanol–water partition coefficient (Wildman–Crippen LogP) is 29.8. The maximum atomic E-state index is 2.42. The van der Waals surface area contributed by atoms with Crippen LogP contribution < -0.4 is 0 Å². The molecule has 0 heteroatoms. The summed E-state index contributed by atoms with van der Waals surface area (Å²) >= 11 is 0. The molecule has 0 unspecified atom stereocenters. The first kappa shape index (κ1) is 64.3. The summed E-state index contributed by atoms with van der Waals surface area (Å²) in [5.74, 6) is 0. The van der Waals surface area contributed by atoms with Crippen LogP contribution in [0, 0.1) is 0 Å². The molecule has 20 rings (SSSR count). The number of hydrogen-bond donors (Lipinski definition) is 0. The molecule has 0 saturated carbocycles. The molecule has 107 heavy (non-hydrogen) atoms. The zero-order chi connectivity index (χ0) is 71.4. The molecule has 19 aromatic carbocycles. The van der Waals surface area contributed by atoms with Gasteiger partial charge in [0.15, 0.2) is 0 Å². The lowest BCUT2D eigenvalue weighted by atomic mass is 9.81. The Morgan fingerprint density at radius 2 is 0.393 bits per heavy atom. The van der Waals surface area contributed by atoms with Crippen molar-refractivity contribution in [3.63, 3.8) is 0 Å². The molecule has 0 bridgehead atoms. The third kappa shape index (κ3) is 11.8. The van der Waals surface area contributed by atoms with Crippen molar-refractivity contribution >= 4 is 53.9 Å². The first-order valence-corrected chi connectivity index (χ1v) is 37.3. The van der Waals surface area contributed by atoms with E-state index in [1.54, 1.807) is 0 Å². The fourth-order valence-corrected chi connectivity index (χ4v) is 17.0. The predicted molar refractivity (Wildman–Crippen MR) is 458 cm³/mol. The van der Waals surface area contributed by atoms with Gasteiger partial charge in [-0.1, -0.05) is 408 Å². The summed E-state index contributed by atoms with van der Waals surface area (Å²) in [5.41, 5.74) is 32.6. The molecule has 0 saturated heterocycles. The van der Waals surface area contributed by atoms with Crippen molar-refractivity contribution in [3.05, 3.63) is 424 Å². The molecule has 0 aromatic heterocycles. The van der Waals surface area contributed by atoms with Crippen LogP contribution in [0.1, 0.15) is 25.0 Å². The van der Waals surface area contributed by atoms with Crippen LogP contribution in [0.2, 0.25) is 0 Å². The SMILES string of the molecule is CC1(C)c2ccccc2-c2ccc(-c3ccc(-c4ccc5c(-c6ccc(-c7ccccc7)cc6)c6ccccc6c(-c6ccc(-c7ccccc7)cc6)c5c4)cc3)cc21.c1ccc(-c2ccc(-c3c4ccccc4c(-c4ccc(-c5ccccc5)cc4)c4cc(-c5cccc6ccccc56)ccc34)cc2)cc1. The van der Waals surface area contributed by atoms with Gasteiger partial charge in [-0.2, -0.15) is 0 Å². The number of hydrogen-bond acceptors (Lipinski definition) is 0. The van der Waals surface area contributed by atoms with E-state index >= 15 is 0 Å². The Balaban J connectivity index is 0.000000149. The van der Waals surface area contributed by atoms with Crippen molar-refractivity contribution < 1.29 is 0 Å². The number of benzene rings is 19. The number of fused-ring (bicyclic) bond motifs is 8. The van der Waals surface area contributed by atoms with Gasteiger partial charge in [-0.05, 0) is 217 Å². The molecular weight excluding hydrogens is 1290 g/mol. The lowest BCUT2D eigenvalue weighted by molar-refractivity contribution is 0.660. The van der Waals surface area contributed by atoms with Gasteiger partial charge < -0.3 is 0 Å². The van der Waals surface area contributed by atoms with Gasteiger partial charge in [0.05, 0.1) is 0 Å². The Bertz CT molecular complexity index is 6530. The molecule has 502 valence electrons. The van der Waals surface area contributed by atoms with Gasteiger partial charge in [0.25, 0.3) is 0 Å². The van der Waals surface area contributed by atoms with Crippen molar-refractivity contribution in [1.82, 2.24) is 0 Å². The van der Waals surface area contributed by atoms with Gasteiger partial charge >= 0.3 is 0 Å². The van der Waals surface area contributed by atoms with E-state index in [1.807, 2.05) is 0 Å². The molecule has 0 heterocycles. The van der Waals surface area contributed by atoms with E-state index in [-0.39, 0.29) is 5.41 Å². The van der Waals surface area contributed by atoms with E-state index in [2.05, 4.69) is 426 Å². The van der Waals surface area contributed by atoms with E-state index in [1.165, 1.54) is 199 Å². The van der Waals surface area contributed by atoms with E-state index in [0.717, 1.165) is 0 Å². The minimum atomic E-state index is -0.0283. The van der Waals surface area contributed by atoms with Crippen molar-refractivity contribution in [2.45, 2.75) is 19.3 Å². The molecule has 0 fully saturated rings. The van der Waals surface area contributed by atoms with Crippen molar-refractivity contribution in [1.29, 1.82) is 0 Å². The van der Waals surface area contributed by atoms with E-state index in [0.29, 0.717) is 0 Å². The summed E-state index contributed by atoms with van der Waals surface area (Å²) in [7, 11) is 0. The monoisotopic (exact) mass is 1360 g/mol. The lowest BCUT2D eigenvalue weighted by Crippen LogP contribution is -2.14. The van der Waals surface area contributed by atoms with E-state index in [4.69, 9.17) is 0 Å². The Morgan fingerprint density at radius 1 is 0.140 bits per heavy atom. The van der Waals surface area contributed by atoms with Crippen molar-refractivity contribution in [3.8, 4) is 134 Å². The Morgan fingerprint density at radius 3 is 0.813 bits per heavy atom. The quantitative estimate of drug-likeness (QED) is 0.113. The molecule has 1 aliphatic carbocycles. The number of rotatable bonds is 11. The summed E-state index contributed by atoms with van der Waals surface area (Å²) in [5, 5.41) is 12.6. The standard InChI is InChI=1S/C59H42.C48H32/c1-59(2)55-20-12-11-17-49(55)50-35-33-48(38-56(50)59)44-23-21-43(22-24-44)47-34-36-53-54(37-47)58(46-31-27-42(28-32-46)40-15-7-4-8-16-40)52-19-10-9-18-51(52)57(53)45-29-25-41(26-30-45)39-13-5-3-6-14-39;1-3-12-33(13-4-1)35-22-26-38(27-23-35)47-43-19-9-10-20-44(43)48(39-28-24-36(25-29-39)34-14-5-2-6-15-34)46-32-40(30-31-45(46)47)42-21-11-17-37-16-7-8-18-41(37)42/h3-38H,1-2H3;1-32H. The van der Waals surface area contributed by atoms with Gasteiger partial charge in [-0.15, -0.1) is 0 Å². The summed E-state index contributed by atoms with van der Waals surface area (Å²) in [6.07, 6.45) is 0. The molecule has 19 aromatic rings. The van der Waals surface area contributed by atoms with Crippen LogP contribution in [0.3, 0.4) is 0 Å². The highest BCUT2D eigenvalue weighted by molar-refractivity contribution is 6.24. The normalized spacial score (nSPS) is 12.1. The second-order valence-electron chi connectivity index (χ2n) is 28.9. The highest BCUT2D eigenvalue weighted by atomic mass is 14.4. The molecule has 1 aliphatic rings. The first-order valence-electron chi connectivity index (χ1n) is 37.3. The molecule has 0 radical (unpaired) electrons. The van der Waals surface area contributed by atoms with E-state index in [9.17, 15) is 0 Å². The molecule has 0 amide bonds. The fourth-order valence-electron chi connectivity index (χ4n) is 17.0. The van der Waals surface area contributed by atoms with Crippen LogP contribution in [0.5, 0.6) is 0 Å². The van der Waals surface area contributed by atoms with Gasteiger partial charge in [0.2, 0.25) is 0 Å². The minimum Gasteiger partial charge on any atom is -0.0622 e. The molecule has 0 aliphatic heterocycles. The molecular formula is C107H74. The smallest absolute Gasteiger partial charge is 0.0159 e.